The fourth-order valence-electron chi connectivity index (χ4n) is 3.27. The molecule has 2 fully saturated rings. The van der Waals surface area contributed by atoms with Gasteiger partial charge in [0.1, 0.15) is 5.75 Å². The van der Waals surface area contributed by atoms with E-state index in [1.165, 1.54) is 11.8 Å². The molecule has 9 heteroatoms. The van der Waals surface area contributed by atoms with E-state index in [2.05, 4.69) is 4.99 Å². The minimum atomic E-state index is -3.11. The predicted molar refractivity (Wildman–Crippen MR) is 112 cm³/mol. The number of para-hydroxylation sites is 1. The molecule has 2 saturated heterocycles. The lowest BCUT2D eigenvalue weighted by Crippen LogP contribution is -2.37. The molecule has 2 aliphatic heterocycles. The molecular weight excluding hydrogens is 420 g/mol. The maximum absolute atomic E-state index is 12.4. The van der Waals surface area contributed by atoms with Crippen molar-refractivity contribution < 1.29 is 17.9 Å². The Balaban J connectivity index is 1.56. The molecule has 2 heterocycles. The van der Waals surface area contributed by atoms with Crippen LogP contribution in [-0.2, 0) is 14.6 Å². The van der Waals surface area contributed by atoms with Gasteiger partial charge in [-0.2, -0.15) is 4.99 Å². The van der Waals surface area contributed by atoms with Crippen molar-refractivity contribution in [1.29, 1.82) is 0 Å². The molecule has 0 aromatic heterocycles. The fourth-order valence-corrected chi connectivity index (χ4v) is 7.33. The van der Waals surface area contributed by atoms with Crippen LogP contribution in [0, 0.1) is 0 Å². The Labute approximate surface area is 172 Å². The molecule has 0 N–H and O–H groups in total. The van der Waals surface area contributed by atoms with Crippen LogP contribution >= 0.6 is 23.4 Å². The number of anilines is 1. The van der Waals surface area contributed by atoms with E-state index in [1.807, 2.05) is 23.1 Å². The molecule has 2 aliphatic rings. The molecule has 2 aromatic rings. The average Bonchev–Trinajstić information content (AvgIpc) is 3.12. The molecule has 0 radical (unpaired) electrons. The number of rotatable bonds is 4. The van der Waals surface area contributed by atoms with Crippen LogP contribution in [0.25, 0.3) is 0 Å². The number of amidine groups is 1. The van der Waals surface area contributed by atoms with Crippen LogP contribution in [0.4, 0.5) is 5.69 Å². The molecule has 0 saturated carbocycles. The highest BCUT2D eigenvalue weighted by Gasteiger charge is 2.49. The summed E-state index contributed by atoms with van der Waals surface area (Å²) in [5, 5.41) is 0.924. The first kappa shape index (κ1) is 19.3. The van der Waals surface area contributed by atoms with Gasteiger partial charge in [-0.15, -0.1) is 0 Å². The van der Waals surface area contributed by atoms with Gasteiger partial charge < -0.3 is 9.64 Å². The van der Waals surface area contributed by atoms with Crippen molar-refractivity contribution in [3.8, 4) is 5.75 Å². The third kappa shape index (κ3) is 4.19. The second kappa shape index (κ2) is 7.77. The fraction of sp³-hybridized carbons (Fsp3) is 0.263. The van der Waals surface area contributed by atoms with E-state index < -0.39 is 15.7 Å². The number of benzene rings is 2. The van der Waals surface area contributed by atoms with Gasteiger partial charge in [0.05, 0.1) is 17.5 Å². The Hall–Kier alpha value is -2.03. The van der Waals surface area contributed by atoms with Crippen LogP contribution < -0.4 is 9.64 Å². The lowest BCUT2D eigenvalue weighted by atomic mass is 10.2. The van der Waals surface area contributed by atoms with Gasteiger partial charge in [-0.1, -0.05) is 41.6 Å². The molecule has 1 amide bonds. The summed E-state index contributed by atoms with van der Waals surface area (Å²) in [6.07, 6.45) is 0. The highest BCUT2D eigenvalue weighted by molar-refractivity contribution is 8.16. The molecular formula is C19H17ClN2O4S2. The second-order valence-corrected chi connectivity index (χ2v) is 10.3. The standard InChI is InChI=1S/C19H17ClN2O4S2/c20-13-6-8-14(9-7-13)22-16-11-28(24,25)12-17(16)27-19(22)21-18(23)10-26-15-4-2-1-3-5-15/h1-9,16-17H,10-12H2. The van der Waals surface area contributed by atoms with Gasteiger partial charge in [0.15, 0.2) is 21.6 Å². The molecule has 2 aromatic carbocycles. The van der Waals surface area contributed by atoms with Crippen molar-refractivity contribution in [2.24, 2.45) is 4.99 Å². The number of halogens is 1. The maximum atomic E-state index is 12.4. The highest BCUT2D eigenvalue weighted by atomic mass is 35.5. The lowest BCUT2D eigenvalue weighted by molar-refractivity contribution is -0.119. The largest absolute Gasteiger partial charge is 0.484 e. The van der Waals surface area contributed by atoms with Crippen LogP contribution in [0.5, 0.6) is 5.75 Å². The smallest absolute Gasteiger partial charge is 0.285 e. The quantitative estimate of drug-likeness (QED) is 0.733. The van der Waals surface area contributed by atoms with Crippen molar-refractivity contribution in [2.45, 2.75) is 11.3 Å². The summed E-state index contributed by atoms with van der Waals surface area (Å²) in [5.41, 5.74) is 0.761. The van der Waals surface area contributed by atoms with Crippen LogP contribution in [-0.4, -0.2) is 48.9 Å². The Morgan fingerprint density at radius 3 is 2.57 bits per heavy atom. The summed E-state index contributed by atoms with van der Waals surface area (Å²) in [6.45, 7) is -0.184. The van der Waals surface area contributed by atoms with Gasteiger partial charge in [0.2, 0.25) is 0 Å². The Bertz CT molecular complexity index is 1010. The summed E-state index contributed by atoms with van der Waals surface area (Å²) in [7, 11) is -3.11. The number of sulfone groups is 1. The van der Waals surface area contributed by atoms with E-state index in [0.717, 1.165) is 5.69 Å². The third-order valence-corrected chi connectivity index (χ3v) is 7.96. The number of amides is 1. The minimum Gasteiger partial charge on any atom is -0.484 e. The van der Waals surface area contributed by atoms with Crippen molar-refractivity contribution in [2.75, 3.05) is 23.0 Å². The lowest BCUT2D eigenvalue weighted by Gasteiger charge is -2.24. The van der Waals surface area contributed by atoms with E-state index >= 15 is 0 Å². The Morgan fingerprint density at radius 1 is 1.14 bits per heavy atom. The summed E-state index contributed by atoms with van der Waals surface area (Å²) < 4.78 is 29.6. The van der Waals surface area contributed by atoms with E-state index in [4.69, 9.17) is 16.3 Å². The topological polar surface area (TPSA) is 76.0 Å². The third-order valence-electron chi connectivity index (χ3n) is 4.50. The monoisotopic (exact) mass is 436 g/mol. The first-order valence-corrected chi connectivity index (χ1v) is 11.7. The number of carbonyl (C=O) groups is 1. The molecule has 2 atom stereocenters. The number of ether oxygens (including phenoxy) is 1. The van der Waals surface area contributed by atoms with Gasteiger partial charge >= 0.3 is 0 Å². The van der Waals surface area contributed by atoms with Crippen molar-refractivity contribution >= 4 is 50.0 Å². The Kier molecular flexibility index (Phi) is 5.35. The van der Waals surface area contributed by atoms with Gasteiger partial charge in [0.25, 0.3) is 5.91 Å². The normalized spacial score (nSPS) is 24.3. The summed E-state index contributed by atoms with van der Waals surface area (Å²) in [6, 6.07) is 15.9. The zero-order valence-electron chi connectivity index (χ0n) is 14.7. The number of aliphatic imine (C=N–C) groups is 1. The number of thioether (sulfide) groups is 1. The van der Waals surface area contributed by atoms with Crippen LogP contribution in [0.2, 0.25) is 5.02 Å². The molecule has 4 rings (SSSR count). The summed E-state index contributed by atoms with van der Waals surface area (Å²) in [5.74, 6) is 0.294. The molecule has 28 heavy (non-hydrogen) atoms. The van der Waals surface area contributed by atoms with Crippen molar-refractivity contribution in [3.63, 3.8) is 0 Å². The molecule has 146 valence electrons. The molecule has 0 aliphatic carbocycles. The number of fused-ring (bicyclic) bond motifs is 1. The number of nitrogens with zero attached hydrogens (tertiary/aromatic N) is 2. The molecule has 0 bridgehead atoms. The predicted octanol–water partition coefficient (Wildman–Crippen LogP) is 3.02. The van der Waals surface area contributed by atoms with E-state index in [-0.39, 0.29) is 29.4 Å². The first-order chi connectivity index (χ1) is 13.4. The SMILES string of the molecule is O=C(COc1ccccc1)N=C1SC2CS(=O)(=O)CC2N1c1ccc(Cl)cc1. The van der Waals surface area contributed by atoms with Crippen LogP contribution in [0.1, 0.15) is 0 Å². The van der Waals surface area contributed by atoms with Crippen molar-refractivity contribution in [1.82, 2.24) is 0 Å². The summed E-state index contributed by atoms with van der Waals surface area (Å²) in [4.78, 5) is 18.4. The maximum Gasteiger partial charge on any atom is 0.285 e. The van der Waals surface area contributed by atoms with E-state index in [1.54, 1.807) is 36.4 Å². The average molecular weight is 437 g/mol. The van der Waals surface area contributed by atoms with Crippen molar-refractivity contribution in [3.05, 3.63) is 59.6 Å². The molecule has 6 nitrogen and oxygen atoms in total. The number of hydrogen-bond acceptors (Lipinski definition) is 5. The highest BCUT2D eigenvalue weighted by Crippen LogP contribution is 2.41. The first-order valence-electron chi connectivity index (χ1n) is 8.62. The van der Waals surface area contributed by atoms with E-state index in [9.17, 15) is 13.2 Å². The number of carbonyl (C=O) groups excluding carboxylic acids is 1. The van der Waals surface area contributed by atoms with Gasteiger partial charge in [-0.05, 0) is 36.4 Å². The Morgan fingerprint density at radius 2 is 1.86 bits per heavy atom. The van der Waals surface area contributed by atoms with Crippen LogP contribution in [0.15, 0.2) is 59.6 Å². The van der Waals surface area contributed by atoms with Gasteiger partial charge in [-0.25, -0.2) is 8.42 Å². The van der Waals surface area contributed by atoms with Gasteiger partial charge in [0, 0.05) is 16.0 Å². The zero-order chi connectivity index (χ0) is 19.7. The zero-order valence-corrected chi connectivity index (χ0v) is 17.1. The van der Waals surface area contributed by atoms with Crippen LogP contribution in [0.3, 0.4) is 0 Å². The minimum absolute atomic E-state index is 0.0427. The second-order valence-electron chi connectivity index (χ2n) is 6.54. The molecule has 2 unspecified atom stereocenters. The summed E-state index contributed by atoms with van der Waals surface area (Å²) >= 11 is 7.30. The van der Waals surface area contributed by atoms with Gasteiger partial charge in [-0.3, -0.25) is 4.79 Å². The molecule has 0 spiro atoms. The number of hydrogen-bond donors (Lipinski definition) is 0. The van der Waals surface area contributed by atoms with E-state index in [0.29, 0.717) is 15.9 Å².